The van der Waals surface area contributed by atoms with Crippen LogP contribution in [-0.2, 0) is 16.1 Å². The Bertz CT molecular complexity index is 1190. The number of hydrogen-bond acceptors (Lipinski definition) is 6. The van der Waals surface area contributed by atoms with Crippen LogP contribution in [0, 0.1) is 0 Å². The van der Waals surface area contributed by atoms with E-state index in [4.69, 9.17) is 17.3 Å². The third-order valence-corrected chi connectivity index (χ3v) is 6.87. The Hall–Kier alpha value is -2.97. The zero-order valence-corrected chi connectivity index (χ0v) is 19.4. The number of benzene rings is 1. The van der Waals surface area contributed by atoms with Crippen LogP contribution >= 0.6 is 22.9 Å². The lowest BCUT2D eigenvalue weighted by Crippen LogP contribution is -2.61. The summed E-state index contributed by atoms with van der Waals surface area (Å²) < 4.78 is 0.670. The summed E-state index contributed by atoms with van der Waals surface area (Å²) in [5.41, 5.74) is 7.62. The zero-order chi connectivity index (χ0) is 22.8. The number of nitrogen functional groups attached to an aromatic ring is 1. The number of hydrogen-bond donors (Lipinski definition) is 1. The molecule has 2 unspecified atom stereocenters. The average Bonchev–Trinajstić information content (AvgIpc) is 3.20. The SMILES string of the molecule is CCC1C(=O)N(Cc2ccc3c(N)ncnc3c2)C(C)CN1C(=O)C=Cc1ccc(Cl)s1. The summed E-state index contributed by atoms with van der Waals surface area (Å²) in [5.74, 6) is 0.218. The Kier molecular flexibility index (Phi) is 6.43. The molecule has 0 bridgehead atoms. The van der Waals surface area contributed by atoms with E-state index >= 15 is 0 Å². The summed E-state index contributed by atoms with van der Waals surface area (Å²) in [5, 5.41) is 0.788. The van der Waals surface area contributed by atoms with E-state index < -0.39 is 6.04 Å². The van der Waals surface area contributed by atoms with Crippen LogP contribution in [0.2, 0.25) is 4.34 Å². The fourth-order valence-electron chi connectivity index (χ4n) is 4.01. The molecule has 3 heterocycles. The first kappa shape index (κ1) is 22.2. The highest BCUT2D eigenvalue weighted by Crippen LogP contribution is 2.25. The van der Waals surface area contributed by atoms with Gasteiger partial charge in [0, 0.05) is 35.5 Å². The highest BCUT2D eigenvalue weighted by molar-refractivity contribution is 7.17. The standard InChI is InChI=1S/C23H24ClN5O2S/c1-3-19-23(31)28(12-15-4-7-17-18(10-15)26-13-27-22(17)25)14(2)11-29(19)21(30)9-6-16-5-8-20(24)32-16/h4-10,13-14,19H,3,11-12H2,1-2H3,(H2,25,26,27). The van der Waals surface area contributed by atoms with Crippen LogP contribution in [0.1, 0.15) is 30.7 Å². The number of fused-ring (bicyclic) bond motifs is 1. The number of rotatable bonds is 5. The summed E-state index contributed by atoms with van der Waals surface area (Å²) in [6.07, 6.45) is 5.25. The maximum atomic E-state index is 13.3. The topological polar surface area (TPSA) is 92.4 Å². The Balaban J connectivity index is 1.51. The van der Waals surface area contributed by atoms with Gasteiger partial charge in [-0.2, -0.15) is 0 Å². The Morgan fingerprint density at radius 3 is 2.84 bits per heavy atom. The number of amides is 2. The van der Waals surface area contributed by atoms with Crippen LogP contribution in [0.25, 0.3) is 17.0 Å². The molecule has 1 aliphatic rings. The molecule has 1 aromatic carbocycles. The number of aromatic nitrogens is 2. The number of carbonyl (C=O) groups excluding carboxylic acids is 2. The lowest BCUT2D eigenvalue weighted by atomic mass is 10.0. The largest absolute Gasteiger partial charge is 0.383 e. The van der Waals surface area contributed by atoms with Gasteiger partial charge in [0.1, 0.15) is 18.2 Å². The molecule has 0 aliphatic carbocycles. The molecule has 2 atom stereocenters. The van der Waals surface area contributed by atoms with E-state index in [9.17, 15) is 9.59 Å². The first-order chi connectivity index (χ1) is 15.4. The molecule has 4 rings (SSSR count). The first-order valence-electron chi connectivity index (χ1n) is 10.4. The van der Waals surface area contributed by atoms with Crippen molar-refractivity contribution < 1.29 is 9.59 Å². The highest BCUT2D eigenvalue weighted by atomic mass is 35.5. The highest BCUT2D eigenvalue weighted by Gasteiger charge is 2.39. The van der Waals surface area contributed by atoms with E-state index in [1.807, 2.05) is 43.0 Å². The van der Waals surface area contributed by atoms with E-state index in [0.29, 0.717) is 29.7 Å². The smallest absolute Gasteiger partial charge is 0.247 e. The van der Waals surface area contributed by atoms with Crippen LogP contribution < -0.4 is 5.73 Å². The van der Waals surface area contributed by atoms with Gasteiger partial charge in [0.15, 0.2) is 0 Å². The van der Waals surface area contributed by atoms with Crippen molar-refractivity contribution in [2.45, 2.75) is 38.9 Å². The van der Waals surface area contributed by atoms with Gasteiger partial charge in [-0.05, 0) is 49.2 Å². The molecule has 1 saturated heterocycles. The summed E-state index contributed by atoms with van der Waals surface area (Å²) in [4.78, 5) is 38.9. The minimum Gasteiger partial charge on any atom is -0.383 e. The van der Waals surface area contributed by atoms with Crippen molar-refractivity contribution in [3.8, 4) is 0 Å². The Morgan fingerprint density at radius 2 is 2.12 bits per heavy atom. The van der Waals surface area contributed by atoms with Crippen molar-refractivity contribution >= 4 is 57.5 Å². The van der Waals surface area contributed by atoms with Crippen LogP contribution in [0.5, 0.6) is 0 Å². The van der Waals surface area contributed by atoms with Crippen LogP contribution in [0.15, 0.2) is 42.7 Å². The fraction of sp³-hybridized carbons (Fsp3) is 0.304. The number of piperazine rings is 1. The lowest BCUT2D eigenvalue weighted by Gasteiger charge is -2.44. The van der Waals surface area contributed by atoms with E-state index in [0.717, 1.165) is 21.3 Å². The third kappa shape index (κ3) is 4.47. The fourth-order valence-corrected chi connectivity index (χ4v) is 4.97. The Morgan fingerprint density at radius 1 is 1.31 bits per heavy atom. The normalized spacial score (nSPS) is 19.3. The number of nitrogens with zero attached hydrogens (tertiary/aromatic N) is 4. The minimum absolute atomic E-state index is 0.0468. The minimum atomic E-state index is -0.492. The molecular formula is C23H24ClN5O2S. The number of thiophene rings is 1. The van der Waals surface area contributed by atoms with Crippen molar-refractivity contribution in [2.75, 3.05) is 12.3 Å². The van der Waals surface area contributed by atoms with Gasteiger partial charge in [0.2, 0.25) is 11.8 Å². The second-order valence-corrected chi connectivity index (χ2v) is 9.56. The van der Waals surface area contributed by atoms with E-state index in [2.05, 4.69) is 9.97 Å². The molecule has 0 radical (unpaired) electrons. The van der Waals surface area contributed by atoms with E-state index in [-0.39, 0.29) is 17.9 Å². The third-order valence-electron chi connectivity index (χ3n) is 5.68. The van der Waals surface area contributed by atoms with Crippen LogP contribution in [0.4, 0.5) is 5.82 Å². The first-order valence-corrected chi connectivity index (χ1v) is 11.6. The van der Waals surface area contributed by atoms with Gasteiger partial charge in [-0.25, -0.2) is 9.97 Å². The molecule has 0 spiro atoms. The van der Waals surface area contributed by atoms with Crippen LogP contribution in [-0.4, -0.2) is 50.2 Å². The zero-order valence-electron chi connectivity index (χ0n) is 17.9. The van der Waals surface area contributed by atoms with Gasteiger partial charge < -0.3 is 15.5 Å². The molecule has 2 N–H and O–H groups in total. The summed E-state index contributed by atoms with van der Waals surface area (Å²) >= 11 is 7.36. The molecule has 7 nitrogen and oxygen atoms in total. The quantitative estimate of drug-likeness (QED) is 0.570. The summed E-state index contributed by atoms with van der Waals surface area (Å²) in [6, 6.07) is 8.80. The molecule has 3 aromatic rings. The van der Waals surface area contributed by atoms with Gasteiger partial charge in [0.25, 0.3) is 0 Å². The van der Waals surface area contributed by atoms with Crippen molar-refractivity contribution in [1.82, 2.24) is 19.8 Å². The molecule has 2 amide bonds. The Labute approximate surface area is 195 Å². The molecule has 0 saturated carbocycles. The molecule has 166 valence electrons. The van der Waals surface area contributed by atoms with Crippen molar-refractivity contribution in [3.05, 3.63) is 57.5 Å². The van der Waals surface area contributed by atoms with Gasteiger partial charge in [-0.15, -0.1) is 11.3 Å². The number of anilines is 1. The van der Waals surface area contributed by atoms with Gasteiger partial charge >= 0.3 is 0 Å². The van der Waals surface area contributed by atoms with Gasteiger partial charge in [0.05, 0.1) is 9.85 Å². The number of carbonyl (C=O) groups is 2. The number of nitrogens with two attached hydrogens (primary N) is 1. The van der Waals surface area contributed by atoms with Crippen molar-refractivity contribution in [3.63, 3.8) is 0 Å². The van der Waals surface area contributed by atoms with Gasteiger partial charge in [-0.3, -0.25) is 9.59 Å². The molecular weight excluding hydrogens is 446 g/mol. The number of halogens is 1. The van der Waals surface area contributed by atoms with E-state index in [1.54, 1.807) is 17.0 Å². The van der Waals surface area contributed by atoms with Crippen molar-refractivity contribution in [1.29, 1.82) is 0 Å². The van der Waals surface area contributed by atoms with Gasteiger partial charge in [-0.1, -0.05) is 24.6 Å². The maximum Gasteiger partial charge on any atom is 0.247 e. The predicted octanol–water partition coefficient (Wildman–Crippen LogP) is 3.98. The lowest BCUT2D eigenvalue weighted by molar-refractivity contribution is -0.153. The average molecular weight is 470 g/mol. The molecule has 9 heteroatoms. The summed E-state index contributed by atoms with van der Waals surface area (Å²) in [6.45, 7) is 4.81. The molecule has 1 aliphatic heterocycles. The molecule has 2 aromatic heterocycles. The maximum absolute atomic E-state index is 13.3. The second-order valence-electron chi connectivity index (χ2n) is 7.82. The van der Waals surface area contributed by atoms with Crippen molar-refractivity contribution in [2.24, 2.45) is 0 Å². The predicted molar refractivity (Wildman–Crippen MR) is 128 cm³/mol. The summed E-state index contributed by atoms with van der Waals surface area (Å²) in [7, 11) is 0. The molecule has 32 heavy (non-hydrogen) atoms. The monoisotopic (exact) mass is 469 g/mol. The molecule has 1 fully saturated rings. The van der Waals surface area contributed by atoms with Crippen LogP contribution in [0.3, 0.4) is 0 Å². The van der Waals surface area contributed by atoms with E-state index in [1.165, 1.54) is 23.7 Å². The second kappa shape index (κ2) is 9.26.